The Balaban J connectivity index is 1.71. The highest BCUT2D eigenvalue weighted by Gasteiger charge is 2.28. The molecule has 1 atom stereocenters. The minimum atomic E-state index is -0.167. The van der Waals surface area contributed by atoms with E-state index in [1.807, 2.05) is 11.3 Å². The molecule has 1 aliphatic carbocycles. The average molecular weight is 330 g/mol. The molecule has 0 unspecified atom stereocenters. The van der Waals surface area contributed by atoms with Gasteiger partial charge >= 0.3 is 0 Å². The van der Waals surface area contributed by atoms with E-state index in [9.17, 15) is 4.79 Å². The minimum Gasteiger partial charge on any atom is -0.369 e. The molecule has 5 nitrogen and oxygen atoms in total. The van der Waals surface area contributed by atoms with Crippen LogP contribution in [0.2, 0.25) is 0 Å². The molecule has 122 valence electrons. The molecule has 4 rings (SSSR count). The number of hydrogen-bond donors (Lipinski definition) is 1. The van der Waals surface area contributed by atoms with E-state index in [1.165, 1.54) is 28.7 Å². The van der Waals surface area contributed by atoms with Gasteiger partial charge < -0.3 is 10.6 Å². The van der Waals surface area contributed by atoms with Crippen LogP contribution in [0.4, 0.5) is 5.82 Å². The van der Waals surface area contributed by atoms with Gasteiger partial charge in [-0.25, -0.2) is 9.97 Å². The minimum absolute atomic E-state index is 0.0139. The predicted octanol–water partition coefficient (Wildman–Crippen LogP) is 2.52. The lowest BCUT2D eigenvalue weighted by Gasteiger charge is -2.32. The third-order valence-corrected chi connectivity index (χ3v) is 6.46. The van der Waals surface area contributed by atoms with Crippen LogP contribution in [-0.2, 0) is 17.6 Å². The highest BCUT2D eigenvalue weighted by atomic mass is 32.1. The Morgan fingerprint density at radius 1 is 1.30 bits per heavy atom. The number of thiophene rings is 1. The number of aryl methyl sites for hydroxylation is 1. The van der Waals surface area contributed by atoms with Crippen LogP contribution in [0.25, 0.3) is 10.2 Å². The molecule has 0 spiro atoms. The van der Waals surface area contributed by atoms with Gasteiger partial charge in [-0.05, 0) is 43.6 Å². The molecule has 2 aromatic rings. The summed E-state index contributed by atoms with van der Waals surface area (Å²) in [5, 5.41) is 1.26. The second kappa shape index (κ2) is 5.74. The summed E-state index contributed by atoms with van der Waals surface area (Å²) < 4.78 is 0. The molecule has 6 heteroatoms. The van der Waals surface area contributed by atoms with Gasteiger partial charge in [0, 0.05) is 23.9 Å². The zero-order chi connectivity index (χ0) is 16.0. The Hall–Kier alpha value is -1.69. The molecule has 23 heavy (non-hydrogen) atoms. The fourth-order valence-electron chi connectivity index (χ4n) is 3.88. The van der Waals surface area contributed by atoms with E-state index in [0.717, 1.165) is 48.9 Å². The van der Waals surface area contributed by atoms with Crippen LogP contribution in [0.3, 0.4) is 0 Å². The Morgan fingerprint density at radius 3 is 2.83 bits per heavy atom. The summed E-state index contributed by atoms with van der Waals surface area (Å²) in [6.07, 6.45) is 6.90. The molecule has 0 saturated carbocycles. The van der Waals surface area contributed by atoms with Gasteiger partial charge in [0.05, 0.1) is 5.39 Å². The van der Waals surface area contributed by atoms with E-state index in [4.69, 9.17) is 5.73 Å². The van der Waals surface area contributed by atoms with Crippen LogP contribution in [0.15, 0.2) is 6.33 Å². The molecule has 1 fully saturated rings. The maximum absolute atomic E-state index is 11.4. The van der Waals surface area contributed by atoms with E-state index in [0.29, 0.717) is 0 Å². The Kier molecular flexibility index (Phi) is 3.71. The van der Waals surface area contributed by atoms with Gasteiger partial charge in [0.2, 0.25) is 5.91 Å². The quantitative estimate of drug-likeness (QED) is 0.918. The molecule has 3 heterocycles. The van der Waals surface area contributed by atoms with Crippen LogP contribution in [0.5, 0.6) is 0 Å². The molecule has 1 aliphatic heterocycles. The number of anilines is 1. The number of primary amides is 1. The number of fused-ring (bicyclic) bond motifs is 3. The van der Waals surface area contributed by atoms with Crippen molar-refractivity contribution in [3.63, 3.8) is 0 Å². The van der Waals surface area contributed by atoms with Gasteiger partial charge in [-0.15, -0.1) is 11.3 Å². The van der Waals surface area contributed by atoms with Crippen molar-refractivity contribution < 1.29 is 4.79 Å². The van der Waals surface area contributed by atoms with Crippen molar-refractivity contribution in [2.24, 2.45) is 17.6 Å². The van der Waals surface area contributed by atoms with Gasteiger partial charge in [0.1, 0.15) is 17.0 Å². The van der Waals surface area contributed by atoms with E-state index in [1.54, 1.807) is 6.33 Å². The number of carbonyl (C=O) groups excluding carboxylic acids is 1. The summed E-state index contributed by atoms with van der Waals surface area (Å²) in [5.74, 6) is 1.64. The van der Waals surface area contributed by atoms with Crippen molar-refractivity contribution in [1.82, 2.24) is 9.97 Å². The third kappa shape index (κ3) is 2.59. The number of piperidine rings is 1. The maximum atomic E-state index is 11.4. The summed E-state index contributed by atoms with van der Waals surface area (Å²) in [5.41, 5.74) is 6.92. The number of hydrogen-bond acceptors (Lipinski definition) is 5. The number of amides is 1. The molecule has 2 aromatic heterocycles. The third-order valence-electron chi connectivity index (χ3n) is 5.26. The summed E-state index contributed by atoms with van der Waals surface area (Å²) >= 11 is 1.83. The topological polar surface area (TPSA) is 72.1 Å². The van der Waals surface area contributed by atoms with Crippen molar-refractivity contribution in [3.05, 3.63) is 16.8 Å². The summed E-state index contributed by atoms with van der Waals surface area (Å²) in [4.78, 5) is 25.4. The monoisotopic (exact) mass is 330 g/mol. The van der Waals surface area contributed by atoms with E-state index in [-0.39, 0.29) is 11.8 Å². The number of rotatable bonds is 2. The van der Waals surface area contributed by atoms with Crippen LogP contribution in [-0.4, -0.2) is 29.0 Å². The van der Waals surface area contributed by atoms with Crippen LogP contribution in [0.1, 0.15) is 36.6 Å². The fourth-order valence-corrected chi connectivity index (χ4v) is 5.06. The first kappa shape index (κ1) is 14.9. The first-order valence-electron chi connectivity index (χ1n) is 8.43. The Morgan fingerprint density at radius 2 is 2.09 bits per heavy atom. The zero-order valence-electron chi connectivity index (χ0n) is 13.4. The molecule has 2 N–H and O–H groups in total. The van der Waals surface area contributed by atoms with Gasteiger partial charge in [0.15, 0.2) is 0 Å². The Bertz CT molecular complexity index is 748. The maximum Gasteiger partial charge on any atom is 0.220 e. The summed E-state index contributed by atoms with van der Waals surface area (Å²) in [6.45, 7) is 4.02. The van der Waals surface area contributed by atoms with Crippen LogP contribution in [0, 0.1) is 11.8 Å². The largest absolute Gasteiger partial charge is 0.369 e. The van der Waals surface area contributed by atoms with Crippen molar-refractivity contribution in [2.75, 3.05) is 18.0 Å². The fraction of sp³-hybridized carbons (Fsp3) is 0.588. The SMILES string of the molecule is C[C@@H]1CCc2sc3ncnc(N4CCC(C(N)=O)CC4)c3c2C1. The Labute approximate surface area is 139 Å². The van der Waals surface area contributed by atoms with Gasteiger partial charge in [-0.3, -0.25) is 4.79 Å². The van der Waals surface area contributed by atoms with Crippen molar-refractivity contribution in [2.45, 2.75) is 39.0 Å². The lowest BCUT2D eigenvalue weighted by atomic mass is 9.88. The number of carbonyl (C=O) groups is 1. The van der Waals surface area contributed by atoms with E-state index < -0.39 is 0 Å². The standard InChI is InChI=1S/C17H22N4OS/c1-10-2-3-13-12(8-10)14-16(19-9-20-17(14)23-13)21-6-4-11(5-7-21)15(18)22/h9-11H,2-8H2,1H3,(H2,18,22)/t10-/m1/s1. The molecule has 2 aliphatic rings. The lowest BCUT2D eigenvalue weighted by Crippen LogP contribution is -2.39. The summed E-state index contributed by atoms with van der Waals surface area (Å²) in [7, 11) is 0. The first-order chi connectivity index (χ1) is 11.1. The summed E-state index contributed by atoms with van der Waals surface area (Å²) in [6, 6.07) is 0. The normalized spacial score (nSPS) is 22.3. The van der Waals surface area contributed by atoms with Crippen LogP contribution < -0.4 is 10.6 Å². The van der Waals surface area contributed by atoms with Gasteiger partial charge in [-0.1, -0.05) is 6.92 Å². The molecule has 0 radical (unpaired) electrons. The van der Waals surface area contributed by atoms with Crippen molar-refractivity contribution in [1.29, 1.82) is 0 Å². The van der Waals surface area contributed by atoms with Gasteiger partial charge in [-0.2, -0.15) is 0 Å². The molecule has 1 amide bonds. The lowest BCUT2D eigenvalue weighted by molar-refractivity contribution is -0.122. The number of nitrogens with two attached hydrogens (primary N) is 1. The number of aromatic nitrogens is 2. The zero-order valence-corrected chi connectivity index (χ0v) is 14.2. The molecule has 1 saturated heterocycles. The molecular formula is C17H22N4OS. The highest BCUT2D eigenvalue weighted by molar-refractivity contribution is 7.19. The van der Waals surface area contributed by atoms with Crippen LogP contribution >= 0.6 is 11.3 Å². The van der Waals surface area contributed by atoms with Gasteiger partial charge in [0.25, 0.3) is 0 Å². The molecular weight excluding hydrogens is 308 g/mol. The van der Waals surface area contributed by atoms with Crippen molar-refractivity contribution in [3.8, 4) is 0 Å². The predicted molar refractivity (Wildman–Crippen MR) is 92.7 cm³/mol. The molecule has 0 bridgehead atoms. The average Bonchev–Trinajstić information content (AvgIpc) is 2.93. The van der Waals surface area contributed by atoms with Crippen molar-refractivity contribution >= 4 is 33.3 Å². The second-order valence-electron chi connectivity index (χ2n) is 6.89. The number of nitrogens with zero attached hydrogens (tertiary/aromatic N) is 3. The van der Waals surface area contributed by atoms with E-state index >= 15 is 0 Å². The first-order valence-corrected chi connectivity index (χ1v) is 9.24. The smallest absolute Gasteiger partial charge is 0.220 e. The second-order valence-corrected chi connectivity index (χ2v) is 7.98. The molecule has 0 aromatic carbocycles. The van der Waals surface area contributed by atoms with E-state index in [2.05, 4.69) is 21.8 Å². The highest BCUT2D eigenvalue weighted by Crippen LogP contribution is 2.41.